The first-order valence-electron chi connectivity index (χ1n) is 12.5. The maximum atomic E-state index is 5.51. The van der Waals surface area contributed by atoms with Gasteiger partial charge in [-0.2, -0.15) is 10.2 Å². The molecule has 0 atom stereocenters. The lowest BCUT2D eigenvalue weighted by Gasteiger charge is -2.34. The Labute approximate surface area is 202 Å². The fourth-order valence-electron chi connectivity index (χ4n) is 5.47. The molecule has 2 aliphatic heterocycles. The first-order chi connectivity index (χ1) is 16.7. The first kappa shape index (κ1) is 22.8. The van der Waals surface area contributed by atoms with E-state index in [0.717, 1.165) is 46.9 Å². The molecule has 0 unspecified atom stereocenters. The van der Waals surface area contributed by atoms with E-state index in [1.165, 1.54) is 57.3 Å². The molecule has 0 amide bonds. The Morgan fingerprint density at radius 3 is 2.38 bits per heavy atom. The Balaban J connectivity index is 1.31. The predicted octanol–water partition coefficient (Wildman–Crippen LogP) is 4.72. The third-order valence-corrected chi connectivity index (χ3v) is 7.47. The number of ether oxygens (including phenoxy) is 2. The summed E-state index contributed by atoms with van der Waals surface area (Å²) in [6, 6.07) is 6.05. The lowest BCUT2D eigenvalue weighted by molar-refractivity contribution is 0.280. The number of methoxy groups -OCH3 is 2. The van der Waals surface area contributed by atoms with Crippen LogP contribution in [0.4, 0.5) is 5.82 Å². The van der Waals surface area contributed by atoms with Crippen LogP contribution in [0.5, 0.6) is 11.5 Å². The maximum absolute atomic E-state index is 5.51. The Morgan fingerprint density at radius 2 is 1.68 bits per heavy atom. The summed E-state index contributed by atoms with van der Waals surface area (Å²) in [6.45, 7) is 8.23. The molecule has 2 aromatic heterocycles. The largest absolute Gasteiger partial charge is 0.493 e. The molecule has 1 aromatic carbocycles. The number of benzene rings is 1. The van der Waals surface area contributed by atoms with Crippen LogP contribution in [0.1, 0.15) is 37.7 Å². The van der Waals surface area contributed by atoms with Crippen molar-refractivity contribution in [2.45, 2.75) is 39.0 Å². The first-order valence-corrected chi connectivity index (χ1v) is 12.5. The summed E-state index contributed by atoms with van der Waals surface area (Å²) in [6.07, 6.45) is 10.4. The van der Waals surface area contributed by atoms with Crippen molar-refractivity contribution in [2.75, 3.05) is 51.8 Å². The number of piperidine rings is 1. The fourth-order valence-corrected chi connectivity index (χ4v) is 5.47. The van der Waals surface area contributed by atoms with Crippen LogP contribution in [0, 0.1) is 12.8 Å². The molecule has 34 heavy (non-hydrogen) atoms. The zero-order valence-corrected chi connectivity index (χ0v) is 20.6. The second kappa shape index (κ2) is 10.1. The van der Waals surface area contributed by atoms with Crippen LogP contribution in [-0.4, -0.2) is 67.0 Å². The molecular weight excluding hydrogens is 426 g/mol. The molecule has 5 rings (SSSR count). The number of rotatable bonds is 7. The van der Waals surface area contributed by atoms with Crippen LogP contribution in [0.2, 0.25) is 0 Å². The van der Waals surface area contributed by atoms with Gasteiger partial charge in [0.05, 0.1) is 25.9 Å². The molecule has 2 fully saturated rings. The van der Waals surface area contributed by atoms with Crippen molar-refractivity contribution in [3.63, 3.8) is 0 Å². The van der Waals surface area contributed by atoms with Gasteiger partial charge in [-0.05, 0) is 82.3 Å². The lowest BCUT2D eigenvalue weighted by atomic mass is 9.93. The number of hydrogen-bond donors (Lipinski definition) is 0. The van der Waals surface area contributed by atoms with Crippen molar-refractivity contribution in [1.29, 1.82) is 0 Å². The van der Waals surface area contributed by atoms with E-state index < -0.39 is 0 Å². The minimum atomic E-state index is 0.648. The highest BCUT2D eigenvalue weighted by Gasteiger charge is 2.23. The quantitative estimate of drug-likeness (QED) is 0.504. The van der Waals surface area contributed by atoms with Crippen LogP contribution in [0.3, 0.4) is 0 Å². The van der Waals surface area contributed by atoms with Crippen LogP contribution >= 0.6 is 0 Å². The molecule has 180 valence electrons. The van der Waals surface area contributed by atoms with Crippen LogP contribution in [0.15, 0.2) is 30.6 Å². The van der Waals surface area contributed by atoms with Crippen molar-refractivity contribution in [3.05, 3.63) is 36.2 Å². The van der Waals surface area contributed by atoms with Gasteiger partial charge in [0.1, 0.15) is 5.82 Å². The second-order valence-electron chi connectivity index (χ2n) is 9.61. The molecule has 0 radical (unpaired) electrons. The zero-order chi connectivity index (χ0) is 23.5. The molecule has 2 saturated heterocycles. The molecular formula is C27H35N5O2. The van der Waals surface area contributed by atoms with E-state index in [2.05, 4.69) is 33.0 Å². The zero-order valence-electron chi connectivity index (χ0n) is 20.6. The summed E-state index contributed by atoms with van der Waals surface area (Å²) in [5, 5.41) is 9.50. The smallest absolute Gasteiger partial charge is 0.162 e. The summed E-state index contributed by atoms with van der Waals surface area (Å²) in [5.74, 6) is 3.28. The molecule has 3 aromatic rings. The number of pyridine rings is 1. The average Bonchev–Trinajstić information content (AvgIpc) is 3.40. The van der Waals surface area contributed by atoms with Gasteiger partial charge in [0.25, 0.3) is 0 Å². The van der Waals surface area contributed by atoms with Crippen molar-refractivity contribution >= 4 is 16.7 Å². The summed E-state index contributed by atoms with van der Waals surface area (Å²) < 4.78 is 10.9. The van der Waals surface area contributed by atoms with Gasteiger partial charge in [-0.1, -0.05) is 0 Å². The van der Waals surface area contributed by atoms with Gasteiger partial charge in [0, 0.05) is 41.9 Å². The summed E-state index contributed by atoms with van der Waals surface area (Å²) in [5.41, 5.74) is 3.99. The van der Waals surface area contributed by atoms with E-state index in [1.807, 2.05) is 18.3 Å². The van der Waals surface area contributed by atoms with Gasteiger partial charge in [-0.25, -0.2) is 4.98 Å². The van der Waals surface area contributed by atoms with E-state index in [1.54, 1.807) is 20.4 Å². The summed E-state index contributed by atoms with van der Waals surface area (Å²) in [4.78, 5) is 10.0. The van der Waals surface area contributed by atoms with Gasteiger partial charge in [0.2, 0.25) is 0 Å². The van der Waals surface area contributed by atoms with E-state index >= 15 is 0 Å². The fraction of sp³-hybridized carbons (Fsp3) is 0.519. The van der Waals surface area contributed by atoms with Gasteiger partial charge < -0.3 is 19.3 Å². The maximum Gasteiger partial charge on any atom is 0.162 e. The monoisotopic (exact) mass is 461 g/mol. The minimum Gasteiger partial charge on any atom is -0.493 e. The van der Waals surface area contributed by atoms with Crippen LogP contribution < -0.4 is 14.4 Å². The molecule has 7 heteroatoms. The molecule has 0 saturated carbocycles. The highest BCUT2D eigenvalue weighted by Crippen LogP contribution is 2.36. The molecule has 0 bridgehead atoms. The topological polar surface area (TPSA) is 63.6 Å². The second-order valence-corrected chi connectivity index (χ2v) is 9.61. The molecule has 0 N–H and O–H groups in total. The predicted molar refractivity (Wildman–Crippen MR) is 136 cm³/mol. The Morgan fingerprint density at radius 1 is 0.941 bits per heavy atom. The SMILES string of the molecule is COc1cc2nncc(-c3cnc(N4CCC(CCN5CCCC5)CC4)c(C)c3)c2cc1OC. The minimum absolute atomic E-state index is 0.648. The Bertz CT molecular complexity index is 1140. The number of anilines is 1. The van der Waals surface area contributed by atoms with E-state index in [9.17, 15) is 0 Å². The molecule has 0 spiro atoms. The van der Waals surface area contributed by atoms with Crippen molar-refractivity contribution in [3.8, 4) is 22.6 Å². The number of aromatic nitrogens is 3. The van der Waals surface area contributed by atoms with Crippen molar-refractivity contribution < 1.29 is 9.47 Å². The number of nitrogens with zero attached hydrogens (tertiary/aromatic N) is 5. The third-order valence-electron chi connectivity index (χ3n) is 7.47. The van der Waals surface area contributed by atoms with Gasteiger partial charge in [-0.3, -0.25) is 0 Å². The van der Waals surface area contributed by atoms with Crippen molar-refractivity contribution in [1.82, 2.24) is 20.1 Å². The molecule has 0 aliphatic carbocycles. The molecule has 4 heterocycles. The van der Waals surface area contributed by atoms with Crippen molar-refractivity contribution in [2.24, 2.45) is 5.92 Å². The van der Waals surface area contributed by atoms with Crippen LogP contribution in [0.25, 0.3) is 22.0 Å². The van der Waals surface area contributed by atoms with Gasteiger partial charge in [0.15, 0.2) is 11.5 Å². The summed E-state index contributed by atoms with van der Waals surface area (Å²) >= 11 is 0. The van der Waals surface area contributed by atoms with Crippen LogP contribution in [-0.2, 0) is 0 Å². The normalized spacial score (nSPS) is 17.4. The highest BCUT2D eigenvalue weighted by molar-refractivity contribution is 5.95. The molecule has 7 nitrogen and oxygen atoms in total. The molecule has 2 aliphatic rings. The number of hydrogen-bond acceptors (Lipinski definition) is 7. The van der Waals surface area contributed by atoms with E-state index in [4.69, 9.17) is 14.5 Å². The lowest BCUT2D eigenvalue weighted by Crippen LogP contribution is -2.35. The van der Waals surface area contributed by atoms with Gasteiger partial charge >= 0.3 is 0 Å². The number of likely N-dealkylation sites (tertiary alicyclic amines) is 1. The average molecular weight is 462 g/mol. The highest BCUT2D eigenvalue weighted by atomic mass is 16.5. The van der Waals surface area contributed by atoms with Gasteiger partial charge in [-0.15, -0.1) is 0 Å². The van der Waals surface area contributed by atoms with E-state index in [-0.39, 0.29) is 0 Å². The number of fused-ring (bicyclic) bond motifs is 1. The third kappa shape index (κ3) is 4.67. The Kier molecular flexibility index (Phi) is 6.81. The number of aryl methyl sites for hydroxylation is 1. The standard InChI is InChI=1S/C27H35N5O2/c1-19-14-21(23-18-29-30-24-16-26(34-3)25(33-2)15-22(23)24)17-28-27(19)32-12-7-20(8-13-32)6-11-31-9-4-5-10-31/h14-18,20H,4-13H2,1-3H3. The Hall–Kier alpha value is -2.93. The van der Waals surface area contributed by atoms with E-state index in [0.29, 0.717) is 11.5 Å². The summed E-state index contributed by atoms with van der Waals surface area (Å²) in [7, 11) is 3.28.